The lowest BCUT2D eigenvalue weighted by Crippen LogP contribution is -2.69. The highest BCUT2D eigenvalue weighted by atomic mass is 35.6. The van der Waals surface area contributed by atoms with Crippen molar-refractivity contribution < 1.29 is 14.3 Å². The smallest absolute Gasteiger partial charge is 0.330 e. The van der Waals surface area contributed by atoms with Crippen LogP contribution in [0.4, 0.5) is 0 Å². The maximum absolute atomic E-state index is 12.7. The second-order valence-electron chi connectivity index (χ2n) is 6.09. The Morgan fingerprint density at radius 1 is 1.46 bits per heavy atom. The summed E-state index contributed by atoms with van der Waals surface area (Å²) in [5, 5.41) is 8.65. The number of alkyl halides is 3. The number of ether oxygens (including phenoxy) is 1. The molecule has 1 aromatic heterocycles. The topological polar surface area (TPSA) is 98.4 Å². The maximum atomic E-state index is 12.7. The van der Waals surface area contributed by atoms with Gasteiger partial charge >= 0.3 is 5.97 Å². The van der Waals surface area contributed by atoms with Gasteiger partial charge in [0, 0.05) is 5.75 Å². The van der Waals surface area contributed by atoms with E-state index in [1.165, 1.54) is 39.8 Å². The zero-order valence-electron chi connectivity index (χ0n) is 13.6. The molecule has 7 nitrogen and oxygen atoms in total. The predicted molar refractivity (Wildman–Crippen MR) is 105 cm³/mol. The quantitative estimate of drug-likeness (QED) is 0.298. The zero-order valence-corrected chi connectivity index (χ0v) is 18.4. The zero-order chi connectivity index (χ0) is 19.3. The number of amides is 1. The number of thioether (sulfide) groups is 2. The van der Waals surface area contributed by atoms with Gasteiger partial charge in [0.1, 0.15) is 29.1 Å². The SMILES string of the molecule is Cc1nnc(SCC2(C)S[C@@H]3C(N)C(=O)N3C2C(=O)OCC(Cl)(Cl)Cl)s1. The molecule has 2 aliphatic rings. The molecule has 2 N–H and O–H groups in total. The number of aryl methyl sites for hydroxylation is 1. The molecule has 26 heavy (non-hydrogen) atoms. The third kappa shape index (κ3) is 4.06. The van der Waals surface area contributed by atoms with Gasteiger partial charge in [-0.15, -0.1) is 22.0 Å². The van der Waals surface area contributed by atoms with E-state index >= 15 is 0 Å². The molecule has 0 spiro atoms. The molecule has 3 heterocycles. The first-order valence-electron chi connectivity index (χ1n) is 7.44. The van der Waals surface area contributed by atoms with Crippen molar-refractivity contribution in [1.82, 2.24) is 15.1 Å². The molecule has 2 fully saturated rings. The molecule has 3 unspecified atom stereocenters. The van der Waals surface area contributed by atoms with Gasteiger partial charge < -0.3 is 15.4 Å². The minimum atomic E-state index is -1.72. The lowest BCUT2D eigenvalue weighted by atomic mass is 9.96. The molecule has 0 saturated carbocycles. The second-order valence-corrected chi connectivity index (χ2v) is 12.7. The van der Waals surface area contributed by atoms with Crippen LogP contribution >= 0.6 is 69.7 Å². The van der Waals surface area contributed by atoms with Gasteiger partial charge in [-0.1, -0.05) is 57.9 Å². The first kappa shape index (κ1) is 20.8. The van der Waals surface area contributed by atoms with Crippen LogP contribution in [0.2, 0.25) is 0 Å². The van der Waals surface area contributed by atoms with Gasteiger partial charge in [0.05, 0.1) is 4.75 Å². The first-order valence-corrected chi connectivity index (χ1v) is 11.3. The molecule has 0 aromatic carbocycles. The minimum absolute atomic E-state index is 0.269. The van der Waals surface area contributed by atoms with Gasteiger partial charge in [-0.2, -0.15) is 0 Å². The number of esters is 1. The summed E-state index contributed by atoms with van der Waals surface area (Å²) < 4.78 is 3.62. The van der Waals surface area contributed by atoms with Crippen LogP contribution in [0, 0.1) is 6.92 Å². The van der Waals surface area contributed by atoms with Crippen molar-refractivity contribution in [3.63, 3.8) is 0 Å². The van der Waals surface area contributed by atoms with Crippen LogP contribution in [0.5, 0.6) is 0 Å². The highest BCUT2D eigenvalue weighted by molar-refractivity contribution is 8.05. The molecule has 2 aliphatic heterocycles. The number of aromatic nitrogens is 2. The van der Waals surface area contributed by atoms with E-state index in [2.05, 4.69) is 10.2 Å². The Kier molecular flexibility index (Phi) is 5.95. The van der Waals surface area contributed by atoms with Crippen LogP contribution in [0.25, 0.3) is 0 Å². The van der Waals surface area contributed by atoms with Gasteiger partial charge in [0.15, 0.2) is 4.34 Å². The normalized spacial score (nSPS) is 30.9. The minimum Gasteiger partial charge on any atom is -0.460 e. The number of carbonyl (C=O) groups is 2. The third-order valence-corrected chi connectivity index (χ3v) is 8.45. The third-order valence-electron chi connectivity index (χ3n) is 3.96. The average Bonchev–Trinajstić information content (AvgIpc) is 3.09. The molecule has 0 radical (unpaired) electrons. The Hall–Kier alpha value is 0.0300. The summed E-state index contributed by atoms with van der Waals surface area (Å²) in [6.07, 6.45) is 0. The number of carbonyl (C=O) groups excluding carboxylic acids is 2. The van der Waals surface area contributed by atoms with E-state index in [1.807, 2.05) is 13.8 Å². The van der Waals surface area contributed by atoms with Crippen LogP contribution in [-0.2, 0) is 14.3 Å². The summed E-state index contributed by atoms with van der Waals surface area (Å²) in [5.41, 5.74) is 5.89. The Morgan fingerprint density at radius 3 is 2.73 bits per heavy atom. The van der Waals surface area contributed by atoms with E-state index in [1.54, 1.807) is 0 Å². The molecule has 0 aliphatic carbocycles. The lowest BCUT2D eigenvalue weighted by molar-refractivity contribution is -0.162. The average molecular weight is 478 g/mol. The van der Waals surface area contributed by atoms with E-state index in [0.717, 1.165) is 9.35 Å². The summed E-state index contributed by atoms with van der Waals surface area (Å²) in [6, 6.07) is -1.43. The highest BCUT2D eigenvalue weighted by Gasteiger charge is 2.64. The summed E-state index contributed by atoms with van der Waals surface area (Å²) in [5.74, 6) is -0.366. The van der Waals surface area contributed by atoms with Crippen molar-refractivity contribution >= 4 is 81.5 Å². The largest absolute Gasteiger partial charge is 0.460 e. The van der Waals surface area contributed by atoms with Crippen LogP contribution in [0.15, 0.2) is 4.34 Å². The highest BCUT2D eigenvalue weighted by Crippen LogP contribution is 2.52. The van der Waals surface area contributed by atoms with Crippen LogP contribution in [0.1, 0.15) is 11.9 Å². The van der Waals surface area contributed by atoms with E-state index in [4.69, 9.17) is 45.3 Å². The van der Waals surface area contributed by atoms with Crippen molar-refractivity contribution in [1.29, 1.82) is 0 Å². The summed E-state index contributed by atoms with van der Waals surface area (Å²) >= 11 is 21.4. The fourth-order valence-corrected chi connectivity index (χ4v) is 6.76. The fraction of sp³-hybridized carbons (Fsp3) is 0.692. The number of β-lactam (4-membered cyclic amide) rings is 1. The predicted octanol–water partition coefficient (Wildman–Crippen LogP) is 2.22. The van der Waals surface area contributed by atoms with Gasteiger partial charge in [-0.05, 0) is 13.8 Å². The summed E-state index contributed by atoms with van der Waals surface area (Å²) in [4.78, 5) is 26.4. The fourth-order valence-electron chi connectivity index (χ4n) is 2.80. The Labute approximate surface area is 177 Å². The van der Waals surface area contributed by atoms with Gasteiger partial charge in [0.2, 0.25) is 9.70 Å². The number of rotatable bonds is 5. The number of halogens is 3. The van der Waals surface area contributed by atoms with Gasteiger partial charge in [-0.3, -0.25) is 4.79 Å². The van der Waals surface area contributed by atoms with Crippen molar-refractivity contribution in [2.75, 3.05) is 12.4 Å². The van der Waals surface area contributed by atoms with Crippen LogP contribution in [0.3, 0.4) is 0 Å². The van der Waals surface area contributed by atoms with E-state index < -0.39 is 33.2 Å². The van der Waals surface area contributed by atoms with E-state index in [9.17, 15) is 9.59 Å². The molecule has 1 amide bonds. The molecular formula is C13H15Cl3N4O3S3. The van der Waals surface area contributed by atoms with Crippen molar-refractivity contribution in [2.24, 2.45) is 5.73 Å². The lowest BCUT2D eigenvalue weighted by Gasteiger charge is -2.42. The van der Waals surface area contributed by atoms with Gasteiger partial charge in [-0.25, -0.2) is 4.79 Å². The second kappa shape index (κ2) is 7.46. The van der Waals surface area contributed by atoms with E-state index in [0.29, 0.717) is 5.75 Å². The number of fused-ring (bicyclic) bond motifs is 1. The Balaban J connectivity index is 1.77. The molecular weight excluding hydrogens is 463 g/mol. The van der Waals surface area contributed by atoms with Crippen molar-refractivity contribution in [3.8, 4) is 0 Å². The standard InChI is InChI=1S/C13H15Cl3N4O3S3/c1-5-18-19-11(25-5)24-4-12(2)7(10(22)23-3-13(14,15)16)20-8(21)6(17)9(20)26-12/h6-7,9H,3-4,17H2,1-2H3/t6?,7?,9-,12?/m1/s1. The maximum Gasteiger partial charge on any atom is 0.330 e. The first-order chi connectivity index (χ1) is 12.0. The Morgan fingerprint density at radius 2 is 2.15 bits per heavy atom. The summed E-state index contributed by atoms with van der Waals surface area (Å²) in [6.45, 7) is 3.38. The van der Waals surface area contributed by atoms with Crippen molar-refractivity contribution in [3.05, 3.63) is 5.01 Å². The molecule has 2 saturated heterocycles. The van der Waals surface area contributed by atoms with E-state index in [-0.39, 0.29) is 11.3 Å². The van der Waals surface area contributed by atoms with Gasteiger partial charge in [0.25, 0.3) is 0 Å². The molecule has 0 bridgehead atoms. The number of nitrogens with zero attached hydrogens (tertiary/aromatic N) is 3. The van der Waals surface area contributed by atoms with Crippen molar-refractivity contribution in [2.45, 2.75) is 44.2 Å². The summed E-state index contributed by atoms with van der Waals surface area (Å²) in [7, 11) is 0. The molecule has 13 heteroatoms. The number of hydrogen-bond donors (Lipinski definition) is 1. The Bertz CT molecular complexity index is 731. The molecule has 3 rings (SSSR count). The molecule has 4 atom stereocenters. The molecule has 144 valence electrons. The molecule has 1 aromatic rings. The van der Waals surface area contributed by atoms with Crippen LogP contribution in [-0.4, -0.2) is 65.3 Å². The number of nitrogens with two attached hydrogens (primary N) is 1. The monoisotopic (exact) mass is 476 g/mol. The van der Waals surface area contributed by atoms with Crippen LogP contribution < -0.4 is 5.73 Å². The number of hydrogen-bond acceptors (Lipinski definition) is 9.